The maximum absolute atomic E-state index is 13.0. The number of H-pyrrole nitrogens is 1. The van der Waals surface area contributed by atoms with Gasteiger partial charge in [0.05, 0.1) is 46.3 Å². The standard InChI is InChI=1S/C23H23Cl2N7O/c24-16-5-3-14(4-6-16)11-32-12-15(8-29-32)23(33)30-19-10-28-22-20(19)21(18(25)9-27-22)31-7-1-2-17(26)13-31/h3-6,8-10,12,17H,1-2,7,11,13,26H2,(H,27,28)(H,30,33)/t17-/m1/s1. The van der Waals surface area contributed by atoms with Crippen molar-refractivity contribution in [2.45, 2.75) is 25.4 Å². The number of aromatic nitrogens is 4. The van der Waals surface area contributed by atoms with Crippen LogP contribution in [0.25, 0.3) is 11.0 Å². The highest BCUT2D eigenvalue weighted by Gasteiger charge is 2.24. The molecule has 5 rings (SSSR count). The highest BCUT2D eigenvalue weighted by atomic mass is 35.5. The molecule has 4 heterocycles. The molecule has 0 saturated carbocycles. The van der Waals surface area contributed by atoms with Crippen molar-refractivity contribution in [3.63, 3.8) is 0 Å². The van der Waals surface area contributed by atoms with Crippen LogP contribution in [-0.4, -0.2) is 44.8 Å². The Kier molecular flexibility index (Phi) is 5.97. The molecule has 3 aromatic heterocycles. The fourth-order valence-electron chi connectivity index (χ4n) is 4.22. The van der Waals surface area contributed by atoms with Crippen molar-refractivity contribution in [3.8, 4) is 0 Å². The number of hydrogen-bond donors (Lipinski definition) is 3. The zero-order valence-electron chi connectivity index (χ0n) is 17.8. The molecule has 1 atom stereocenters. The number of carbonyl (C=O) groups excluding carboxylic acids is 1. The van der Waals surface area contributed by atoms with E-state index in [-0.39, 0.29) is 11.9 Å². The fraction of sp³-hybridized carbons (Fsp3) is 0.261. The molecule has 8 nitrogen and oxygen atoms in total. The Bertz CT molecular complexity index is 1300. The molecule has 0 bridgehead atoms. The molecular formula is C23H23Cl2N7O. The number of carbonyl (C=O) groups is 1. The molecule has 4 N–H and O–H groups in total. The number of rotatable bonds is 5. The van der Waals surface area contributed by atoms with Crippen LogP contribution in [0, 0.1) is 0 Å². The Hall–Kier alpha value is -3.07. The minimum atomic E-state index is -0.264. The first-order valence-electron chi connectivity index (χ1n) is 10.7. The van der Waals surface area contributed by atoms with Crippen LogP contribution in [0.15, 0.2) is 49.1 Å². The molecule has 170 valence electrons. The summed E-state index contributed by atoms with van der Waals surface area (Å²) in [5.74, 6) is -0.264. The zero-order chi connectivity index (χ0) is 22.9. The molecule has 4 aromatic rings. The monoisotopic (exact) mass is 483 g/mol. The van der Waals surface area contributed by atoms with E-state index >= 15 is 0 Å². The number of pyridine rings is 1. The molecule has 10 heteroatoms. The molecule has 33 heavy (non-hydrogen) atoms. The highest BCUT2D eigenvalue weighted by molar-refractivity contribution is 6.35. The van der Waals surface area contributed by atoms with Crippen molar-refractivity contribution in [2.75, 3.05) is 23.3 Å². The predicted molar refractivity (Wildman–Crippen MR) is 131 cm³/mol. The zero-order valence-corrected chi connectivity index (χ0v) is 19.3. The van der Waals surface area contributed by atoms with Crippen LogP contribution in [0.4, 0.5) is 11.4 Å². The van der Waals surface area contributed by atoms with Crippen LogP contribution in [0.2, 0.25) is 10.0 Å². The summed E-state index contributed by atoms with van der Waals surface area (Å²) in [5, 5.41) is 9.29. The second kappa shape index (κ2) is 9.05. The summed E-state index contributed by atoms with van der Waals surface area (Å²) in [5.41, 5.74) is 9.80. The van der Waals surface area contributed by atoms with E-state index in [0.29, 0.717) is 40.0 Å². The average Bonchev–Trinajstić information content (AvgIpc) is 3.43. The van der Waals surface area contributed by atoms with Gasteiger partial charge in [0.1, 0.15) is 5.65 Å². The van der Waals surface area contributed by atoms with Gasteiger partial charge in [-0.05, 0) is 30.5 Å². The van der Waals surface area contributed by atoms with Crippen molar-refractivity contribution in [2.24, 2.45) is 5.73 Å². The van der Waals surface area contributed by atoms with Crippen molar-refractivity contribution >= 4 is 51.5 Å². The summed E-state index contributed by atoms with van der Waals surface area (Å²) in [6.45, 7) is 2.09. The summed E-state index contributed by atoms with van der Waals surface area (Å²) in [4.78, 5) is 22.7. The van der Waals surface area contributed by atoms with E-state index in [2.05, 4.69) is 25.3 Å². The number of nitrogens with two attached hydrogens (primary N) is 1. The Morgan fingerprint density at radius 2 is 2.06 bits per heavy atom. The van der Waals surface area contributed by atoms with Crippen molar-refractivity contribution in [1.29, 1.82) is 0 Å². The molecule has 0 aliphatic carbocycles. The Labute approximate surface area is 200 Å². The minimum Gasteiger partial charge on any atom is -0.368 e. The molecule has 0 spiro atoms. The van der Waals surface area contributed by atoms with E-state index in [4.69, 9.17) is 28.9 Å². The predicted octanol–water partition coefficient (Wildman–Crippen LogP) is 4.29. The first kappa shape index (κ1) is 21.8. The van der Waals surface area contributed by atoms with Gasteiger partial charge in [0.25, 0.3) is 5.91 Å². The van der Waals surface area contributed by atoms with Crippen molar-refractivity contribution < 1.29 is 4.79 Å². The van der Waals surface area contributed by atoms with E-state index in [1.54, 1.807) is 29.5 Å². The lowest BCUT2D eigenvalue weighted by Gasteiger charge is -2.33. The number of fused-ring (bicyclic) bond motifs is 1. The normalized spacial score (nSPS) is 16.3. The Balaban J connectivity index is 1.39. The summed E-state index contributed by atoms with van der Waals surface area (Å²) < 4.78 is 1.71. The number of piperidine rings is 1. The van der Waals surface area contributed by atoms with Gasteiger partial charge in [0.15, 0.2) is 0 Å². The minimum absolute atomic E-state index is 0.0847. The number of nitrogens with zero attached hydrogens (tertiary/aromatic N) is 4. The molecule has 1 aromatic carbocycles. The quantitative estimate of drug-likeness (QED) is 0.392. The number of amides is 1. The highest BCUT2D eigenvalue weighted by Crippen LogP contribution is 2.38. The molecule has 0 unspecified atom stereocenters. The van der Waals surface area contributed by atoms with E-state index < -0.39 is 0 Å². The topological polar surface area (TPSA) is 105 Å². The van der Waals surface area contributed by atoms with Gasteiger partial charge in [-0.25, -0.2) is 4.98 Å². The fourth-order valence-corrected chi connectivity index (χ4v) is 4.60. The number of hydrogen-bond acceptors (Lipinski definition) is 5. The van der Waals surface area contributed by atoms with Crippen molar-refractivity contribution in [3.05, 3.63) is 70.2 Å². The molecule has 1 amide bonds. The molecule has 1 aliphatic heterocycles. The number of anilines is 2. The van der Waals surface area contributed by atoms with Gasteiger partial charge in [-0.2, -0.15) is 5.10 Å². The van der Waals surface area contributed by atoms with Gasteiger partial charge in [-0.3, -0.25) is 9.48 Å². The van der Waals surface area contributed by atoms with E-state index in [1.807, 2.05) is 24.3 Å². The van der Waals surface area contributed by atoms with Crippen molar-refractivity contribution in [1.82, 2.24) is 19.7 Å². The lowest BCUT2D eigenvalue weighted by atomic mass is 10.1. The third kappa shape index (κ3) is 4.55. The van der Waals surface area contributed by atoms with Crippen LogP contribution in [0.5, 0.6) is 0 Å². The SMILES string of the molecule is N[C@@H]1CCCN(c2c(Cl)cnc3[nH]cc(NC(=O)c4cnn(Cc5ccc(Cl)cc5)c4)c23)C1. The largest absolute Gasteiger partial charge is 0.368 e. The van der Waals surface area contributed by atoms with Gasteiger partial charge in [-0.1, -0.05) is 35.3 Å². The summed E-state index contributed by atoms with van der Waals surface area (Å²) in [6.07, 6.45) is 8.60. The third-order valence-electron chi connectivity index (χ3n) is 5.80. The number of benzene rings is 1. The maximum atomic E-state index is 13.0. The van der Waals surface area contributed by atoms with E-state index in [9.17, 15) is 4.79 Å². The molecule has 1 fully saturated rings. The van der Waals surface area contributed by atoms with E-state index in [1.165, 1.54) is 0 Å². The third-order valence-corrected chi connectivity index (χ3v) is 6.33. The second-order valence-electron chi connectivity index (χ2n) is 8.24. The Morgan fingerprint density at radius 3 is 2.85 bits per heavy atom. The molecule has 1 aliphatic rings. The molecular weight excluding hydrogens is 461 g/mol. The number of aromatic amines is 1. The smallest absolute Gasteiger partial charge is 0.258 e. The van der Waals surface area contributed by atoms with Gasteiger partial charge < -0.3 is 20.9 Å². The van der Waals surface area contributed by atoms with Gasteiger partial charge in [-0.15, -0.1) is 0 Å². The second-order valence-corrected chi connectivity index (χ2v) is 9.08. The van der Waals surface area contributed by atoms with Crippen LogP contribution in [0.1, 0.15) is 28.8 Å². The first-order chi connectivity index (χ1) is 16.0. The van der Waals surface area contributed by atoms with E-state index in [0.717, 1.165) is 36.0 Å². The van der Waals surface area contributed by atoms with Gasteiger partial charge in [0.2, 0.25) is 0 Å². The van der Waals surface area contributed by atoms with Gasteiger partial charge in [0, 0.05) is 36.5 Å². The number of nitrogens with one attached hydrogen (secondary N) is 2. The summed E-state index contributed by atoms with van der Waals surface area (Å²) in [7, 11) is 0. The lowest BCUT2D eigenvalue weighted by molar-refractivity contribution is 0.102. The van der Waals surface area contributed by atoms with Gasteiger partial charge >= 0.3 is 0 Å². The molecule has 1 saturated heterocycles. The van der Waals surface area contributed by atoms with Crippen LogP contribution >= 0.6 is 23.2 Å². The maximum Gasteiger partial charge on any atom is 0.258 e. The summed E-state index contributed by atoms with van der Waals surface area (Å²) in [6, 6.07) is 7.61. The number of halogens is 2. The lowest BCUT2D eigenvalue weighted by Crippen LogP contribution is -2.43. The average molecular weight is 484 g/mol. The van der Waals surface area contributed by atoms with Crippen LogP contribution in [0.3, 0.4) is 0 Å². The van der Waals surface area contributed by atoms with Crippen LogP contribution < -0.4 is 16.0 Å². The Morgan fingerprint density at radius 1 is 1.24 bits per heavy atom. The summed E-state index contributed by atoms with van der Waals surface area (Å²) >= 11 is 12.5. The van der Waals surface area contributed by atoms with Crippen LogP contribution in [-0.2, 0) is 6.54 Å². The molecule has 0 radical (unpaired) electrons. The first-order valence-corrected chi connectivity index (χ1v) is 11.5.